The van der Waals surface area contributed by atoms with Gasteiger partial charge in [0.2, 0.25) is 11.8 Å². The molecule has 3 rings (SSSR count). The highest BCUT2D eigenvalue weighted by atomic mass is 16.5. The van der Waals surface area contributed by atoms with Gasteiger partial charge in [-0.25, -0.2) is 4.98 Å². The summed E-state index contributed by atoms with van der Waals surface area (Å²) in [7, 11) is 1.56. The van der Waals surface area contributed by atoms with Crippen LogP contribution >= 0.6 is 0 Å². The maximum Gasteiger partial charge on any atom is 0.238 e. The number of aromatic nitrogens is 1. The summed E-state index contributed by atoms with van der Waals surface area (Å²) in [4.78, 5) is 35.0. The molecule has 0 saturated carbocycles. The van der Waals surface area contributed by atoms with Crippen LogP contribution in [0.1, 0.15) is 6.93 Å². The summed E-state index contributed by atoms with van der Waals surface area (Å²) in [6.07, 6.45) is 3.94. The van der Waals surface area contributed by atoms with Crippen molar-refractivity contribution in [1.29, 1.82) is 0 Å². The van der Waals surface area contributed by atoms with Crippen LogP contribution in [0.15, 0.2) is 35.5 Å². The Balaban J connectivity index is 1.63. The van der Waals surface area contributed by atoms with Crippen LogP contribution < -0.4 is 4.74 Å². The van der Waals surface area contributed by atoms with E-state index in [4.69, 9.17) is 6.11 Å². The van der Waals surface area contributed by atoms with E-state index in [1.54, 1.807) is 19.4 Å². The van der Waals surface area contributed by atoms with Gasteiger partial charge in [0.05, 0.1) is 21.2 Å². The van der Waals surface area contributed by atoms with Crippen molar-refractivity contribution in [1.82, 2.24) is 14.8 Å². The quantitative estimate of drug-likeness (QED) is 0.797. The topological polar surface area (TPSA) is 75.1 Å². The third-order valence-electron chi connectivity index (χ3n) is 3.71. The van der Waals surface area contributed by atoms with Gasteiger partial charge in [-0.15, -0.1) is 0 Å². The van der Waals surface area contributed by atoms with Gasteiger partial charge in [0, 0.05) is 31.9 Å². The fourth-order valence-corrected chi connectivity index (χ4v) is 2.51. The van der Waals surface area contributed by atoms with Crippen LogP contribution in [0.2, 0.25) is 0 Å². The molecule has 120 valence electrons. The number of pyridine rings is 1. The summed E-state index contributed by atoms with van der Waals surface area (Å²) >= 11 is 0. The zero-order valence-electron chi connectivity index (χ0n) is 13.8. The Kier molecular flexibility index (Phi) is 4.10. The van der Waals surface area contributed by atoms with Gasteiger partial charge in [-0.3, -0.25) is 19.5 Å². The van der Waals surface area contributed by atoms with Crippen LogP contribution in [0.4, 0.5) is 0 Å². The van der Waals surface area contributed by atoms with Crippen LogP contribution in [0.3, 0.4) is 0 Å². The van der Waals surface area contributed by atoms with E-state index in [1.165, 1.54) is 17.1 Å². The summed E-state index contributed by atoms with van der Waals surface area (Å²) in [5, 5.41) is 0. The molecule has 0 aromatic carbocycles. The first-order valence-electron chi connectivity index (χ1n) is 7.80. The third-order valence-corrected chi connectivity index (χ3v) is 3.71. The van der Waals surface area contributed by atoms with E-state index in [1.807, 2.05) is 11.0 Å². The highest BCUT2D eigenvalue weighted by Gasteiger charge is 2.28. The largest absolute Gasteiger partial charge is 0.481 e. The van der Waals surface area contributed by atoms with E-state index in [0.29, 0.717) is 25.5 Å². The minimum absolute atomic E-state index is 0.186. The van der Waals surface area contributed by atoms with Crippen LogP contribution in [0, 0.1) is 0 Å². The first kappa shape index (κ1) is 14.1. The van der Waals surface area contributed by atoms with Gasteiger partial charge in [0.1, 0.15) is 6.14 Å². The molecule has 1 fully saturated rings. The zero-order valence-corrected chi connectivity index (χ0v) is 12.8. The number of rotatable bonds is 4. The molecule has 1 unspecified atom stereocenters. The van der Waals surface area contributed by atoms with Crippen LogP contribution in [-0.2, 0) is 16.1 Å². The van der Waals surface area contributed by atoms with Crippen molar-refractivity contribution in [2.75, 3.05) is 26.7 Å². The number of hydrogen-bond acceptors (Lipinski definition) is 6. The van der Waals surface area contributed by atoms with Crippen molar-refractivity contribution >= 4 is 17.9 Å². The fraction of sp³-hybridized carbons (Fsp3) is 0.375. The second kappa shape index (κ2) is 6.70. The number of allylic oxidation sites excluding steroid dienone is 1. The molecule has 23 heavy (non-hydrogen) atoms. The van der Waals surface area contributed by atoms with Gasteiger partial charge in [-0.1, -0.05) is 6.07 Å². The average molecular weight is 315 g/mol. The van der Waals surface area contributed by atoms with E-state index in [2.05, 4.69) is 9.98 Å². The first-order valence-corrected chi connectivity index (χ1v) is 7.30. The van der Waals surface area contributed by atoms with E-state index >= 15 is 0 Å². The molecular weight excluding hydrogens is 296 g/mol. The predicted octanol–water partition coefficient (Wildman–Crippen LogP) is 0.270. The molecule has 0 bridgehead atoms. The number of carbonyl (C=O) groups excluding carboxylic acids is 2. The molecule has 1 amide bonds. The van der Waals surface area contributed by atoms with Crippen molar-refractivity contribution in [3.8, 4) is 5.88 Å². The molecule has 0 spiro atoms. The van der Waals surface area contributed by atoms with Crippen molar-refractivity contribution < 1.29 is 15.7 Å². The molecule has 0 aliphatic carbocycles. The number of methoxy groups -OCH3 is 1. The molecule has 1 aromatic heterocycles. The Labute approximate surface area is 135 Å². The van der Waals surface area contributed by atoms with Crippen molar-refractivity contribution in [2.45, 2.75) is 12.7 Å². The predicted molar refractivity (Wildman–Crippen MR) is 84.2 cm³/mol. The molecule has 2 aliphatic heterocycles. The number of ether oxygens (including phenoxy) is 1. The number of aliphatic imine (C=N–C) groups is 1. The van der Waals surface area contributed by atoms with Crippen molar-refractivity contribution in [3.05, 3.63) is 36.0 Å². The normalized spacial score (nSPS) is 25.6. The summed E-state index contributed by atoms with van der Waals surface area (Å²) in [5.74, 6) is 0.0946. The number of carbonyl (C=O) groups is 2. The van der Waals surface area contributed by atoms with Gasteiger partial charge in [0.15, 0.2) is 5.78 Å². The summed E-state index contributed by atoms with van der Waals surface area (Å²) in [6.45, 7) is 1.79. The lowest BCUT2D eigenvalue weighted by atomic mass is 10.2. The molecule has 2 aliphatic rings. The van der Waals surface area contributed by atoms with Gasteiger partial charge < -0.3 is 9.64 Å². The van der Waals surface area contributed by atoms with Crippen LogP contribution in [0.5, 0.6) is 5.88 Å². The molecule has 1 aromatic rings. The van der Waals surface area contributed by atoms with Crippen LogP contribution in [-0.4, -0.2) is 65.6 Å². The summed E-state index contributed by atoms with van der Waals surface area (Å²) < 4.78 is 13.3. The lowest BCUT2D eigenvalue weighted by molar-refractivity contribution is -0.137. The molecule has 1 saturated heterocycles. The Morgan fingerprint density at radius 1 is 1.39 bits per heavy atom. The number of ketones is 1. The molecule has 0 N–H and O–H groups in total. The van der Waals surface area contributed by atoms with Crippen molar-refractivity contribution in [3.63, 3.8) is 0 Å². The first-order chi connectivity index (χ1) is 11.5. The fourth-order valence-electron chi connectivity index (χ4n) is 2.51. The maximum atomic E-state index is 12.4. The van der Waals surface area contributed by atoms with E-state index < -0.39 is 6.14 Å². The minimum atomic E-state index is -1.52. The Hall–Kier alpha value is -2.54. The van der Waals surface area contributed by atoms with E-state index in [-0.39, 0.29) is 18.2 Å². The van der Waals surface area contributed by atoms with Gasteiger partial charge in [-0.05, 0) is 17.7 Å². The standard InChI is InChI=1S/C16H18N4O3/c1-23-15-5-2-12(8-18-15)10-19-6-7-20(16(22)11-19)14-4-3-13(21)9-17-14/h2-5,8-9,14H,6-7,10-11H2,1H3/i14D. The minimum Gasteiger partial charge on any atom is -0.481 e. The highest BCUT2D eigenvalue weighted by Crippen LogP contribution is 2.15. The second-order valence-corrected chi connectivity index (χ2v) is 5.32. The lowest BCUT2D eigenvalue weighted by Crippen LogP contribution is -2.53. The van der Waals surface area contributed by atoms with E-state index in [0.717, 1.165) is 11.8 Å². The van der Waals surface area contributed by atoms with Crippen LogP contribution in [0.25, 0.3) is 0 Å². The monoisotopic (exact) mass is 315 g/mol. The Morgan fingerprint density at radius 2 is 2.26 bits per heavy atom. The molecule has 3 heterocycles. The number of piperazine rings is 1. The lowest BCUT2D eigenvalue weighted by Gasteiger charge is -2.36. The molecule has 7 nitrogen and oxygen atoms in total. The maximum absolute atomic E-state index is 12.4. The third kappa shape index (κ3) is 3.62. The molecular formula is C16H18N4O3. The molecule has 7 heteroatoms. The smallest absolute Gasteiger partial charge is 0.238 e. The van der Waals surface area contributed by atoms with Gasteiger partial charge in [0.25, 0.3) is 0 Å². The summed E-state index contributed by atoms with van der Waals surface area (Å²) in [6, 6.07) is 3.69. The molecule has 1 atom stereocenters. The Bertz CT molecular complexity index is 686. The summed E-state index contributed by atoms with van der Waals surface area (Å²) in [5.41, 5.74) is 0.985. The van der Waals surface area contributed by atoms with E-state index in [9.17, 15) is 9.59 Å². The number of amides is 1. The average Bonchev–Trinajstić information content (AvgIpc) is 2.58. The number of dihydropyridines is 1. The van der Waals surface area contributed by atoms with Gasteiger partial charge in [-0.2, -0.15) is 0 Å². The SMILES string of the molecule is [2H]C1(N2CCN(Cc3ccc(OC)nc3)CC2=O)C=CC(=O)C=N1. The Morgan fingerprint density at radius 3 is 2.87 bits per heavy atom. The highest BCUT2D eigenvalue weighted by molar-refractivity contribution is 6.33. The molecule has 0 radical (unpaired) electrons. The zero-order chi connectivity index (χ0) is 17.2. The van der Waals surface area contributed by atoms with Crippen molar-refractivity contribution in [2.24, 2.45) is 4.99 Å². The number of hydrogen-bond donors (Lipinski definition) is 0. The van der Waals surface area contributed by atoms with Gasteiger partial charge >= 0.3 is 0 Å². The number of nitrogens with zero attached hydrogens (tertiary/aromatic N) is 4. The second-order valence-electron chi connectivity index (χ2n) is 5.32.